The monoisotopic (exact) mass is 302 g/mol. The van der Waals surface area contributed by atoms with Crippen LogP contribution >= 0.6 is 0 Å². The molecule has 1 saturated heterocycles. The number of ether oxygens (including phenoxy) is 1. The summed E-state index contributed by atoms with van der Waals surface area (Å²) in [6.45, 7) is 4.34. The Morgan fingerprint density at radius 1 is 1.24 bits per heavy atom. The molecule has 1 aliphatic rings. The molecule has 1 N–H and O–H groups in total. The van der Waals surface area contributed by atoms with Crippen molar-refractivity contribution in [1.29, 1.82) is 0 Å². The topological polar surface area (TPSA) is 41.6 Å². The Hall–Kier alpha value is -1.76. The summed E-state index contributed by atoms with van der Waals surface area (Å²) in [5.74, 6) is 0. The third-order valence-electron chi connectivity index (χ3n) is 3.18. The predicted molar refractivity (Wildman–Crippen MR) is 72.0 cm³/mol. The summed E-state index contributed by atoms with van der Waals surface area (Å²) in [6.07, 6.45) is -4.79. The number of alkyl halides is 3. The van der Waals surface area contributed by atoms with Gasteiger partial charge >= 0.3 is 12.2 Å². The van der Waals surface area contributed by atoms with Gasteiger partial charge in [-0.3, -0.25) is 0 Å². The minimum atomic E-state index is -4.50. The molecule has 4 nitrogen and oxygen atoms in total. The average molecular weight is 302 g/mol. The largest absolute Gasteiger partial charge is 0.418 e. The first-order chi connectivity index (χ1) is 9.77. The van der Waals surface area contributed by atoms with Gasteiger partial charge in [-0.2, -0.15) is 13.2 Å². The van der Waals surface area contributed by atoms with Crippen molar-refractivity contribution in [2.75, 3.05) is 18.4 Å². The number of nitrogens with one attached hydrogen (secondary N) is 1. The van der Waals surface area contributed by atoms with Crippen LogP contribution in [-0.2, 0) is 10.9 Å². The van der Waals surface area contributed by atoms with Crippen molar-refractivity contribution >= 4 is 11.7 Å². The average Bonchev–Trinajstić information content (AvgIpc) is 2.37. The summed E-state index contributed by atoms with van der Waals surface area (Å²) in [7, 11) is 0. The normalized spacial score (nSPS) is 23.0. The molecule has 0 aromatic heterocycles. The zero-order valence-corrected chi connectivity index (χ0v) is 11.8. The van der Waals surface area contributed by atoms with Gasteiger partial charge in [0.25, 0.3) is 0 Å². The number of urea groups is 1. The van der Waals surface area contributed by atoms with E-state index in [2.05, 4.69) is 5.32 Å². The standard InChI is InChI=1S/C14H17F3N2O2/c1-9-7-19(8-10(2)21-9)13(20)18-12-6-4-3-5-11(12)14(15,16)17/h3-6,9-10H,7-8H2,1-2H3,(H,18,20)/t9-,10-/m1/s1. The second-order valence-electron chi connectivity index (χ2n) is 5.14. The Bertz CT molecular complexity index is 509. The lowest BCUT2D eigenvalue weighted by Crippen LogP contribution is -2.49. The second-order valence-corrected chi connectivity index (χ2v) is 5.14. The van der Waals surface area contributed by atoms with Crippen LogP contribution in [0, 0.1) is 0 Å². The number of anilines is 1. The van der Waals surface area contributed by atoms with E-state index in [1.165, 1.54) is 23.1 Å². The van der Waals surface area contributed by atoms with Gasteiger partial charge in [0.05, 0.1) is 23.5 Å². The number of morpholine rings is 1. The van der Waals surface area contributed by atoms with Gasteiger partial charge in [0.15, 0.2) is 0 Å². The van der Waals surface area contributed by atoms with Gasteiger partial charge in [-0.1, -0.05) is 12.1 Å². The van der Waals surface area contributed by atoms with Crippen molar-refractivity contribution in [2.45, 2.75) is 32.2 Å². The number of amides is 2. The van der Waals surface area contributed by atoms with Crippen LogP contribution in [0.1, 0.15) is 19.4 Å². The summed E-state index contributed by atoms with van der Waals surface area (Å²) >= 11 is 0. The Kier molecular flexibility index (Phi) is 4.41. The summed E-state index contributed by atoms with van der Waals surface area (Å²) < 4.78 is 44.1. The lowest BCUT2D eigenvalue weighted by Gasteiger charge is -2.35. The molecule has 0 saturated carbocycles. The van der Waals surface area contributed by atoms with E-state index in [0.717, 1.165) is 6.07 Å². The molecule has 1 heterocycles. The van der Waals surface area contributed by atoms with Gasteiger partial charge < -0.3 is 15.0 Å². The van der Waals surface area contributed by atoms with E-state index in [-0.39, 0.29) is 17.9 Å². The SMILES string of the molecule is C[C@@H]1CN(C(=O)Nc2ccccc2C(F)(F)F)C[C@@H](C)O1. The van der Waals surface area contributed by atoms with Crippen molar-refractivity contribution in [3.8, 4) is 0 Å². The Balaban J connectivity index is 2.13. The molecule has 2 amide bonds. The minimum Gasteiger partial charge on any atom is -0.372 e. The maximum absolute atomic E-state index is 12.9. The molecule has 21 heavy (non-hydrogen) atoms. The predicted octanol–water partition coefficient (Wildman–Crippen LogP) is 3.35. The Morgan fingerprint density at radius 3 is 2.38 bits per heavy atom. The van der Waals surface area contributed by atoms with Crippen molar-refractivity contribution in [1.82, 2.24) is 4.90 Å². The fraction of sp³-hybridized carbons (Fsp3) is 0.500. The fourth-order valence-electron chi connectivity index (χ4n) is 2.38. The minimum absolute atomic E-state index is 0.141. The molecule has 116 valence electrons. The van der Waals surface area contributed by atoms with Crippen molar-refractivity contribution in [3.63, 3.8) is 0 Å². The number of para-hydroxylation sites is 1. The maximum Gasteiger partial charge on any atom is 0.418 e. The number of hydrogen-bond acceptors (Lipinski definition) is 2. The molecule has 1 aliphatic heterocycles. The first-order valence-electron chi connectivity index (χ1n) is 6.65. The molecular weight excluding hydrogens is 285 g/mol. The second kappa shape index (κ2) is 5.93. The van der Waals surface area contributed by atoms with Crippen molar-refractivity contribution in [3.05, 3.63) is 29.8 Å². The summed E-state index contributed by atoms with van der Waals surface area (Å²) in [6, 6.07) is 4.38. The van der Waals surface area contributed by atoms with E-state index >= 15 is 0 Å². The molecule has 0 aliphatic carbocycles. The summed E-state index contributed by atoms with van der Waals surface area (Å²) in [5, 5.41) is 2.34. The number of carbonyl (C=O) groups excluding carboxylic acids is 1. The lowest BCUT2D eigenvalue weighted by atomic mass is 10.1. The van der Waals surface area contributed by atoms with Crippen LogP contribution in [-0.4, -0.2) is 36.2 Å². The summed E-state index contributed by atoms with van der Waals surface area (Å²) in [4.78, 5) is 13.6. The van der Waals surface area contributed by atoms with Gasteiger partial charge in [0.2, 0.25) is 0 Å². The van der Waals surface area contributed by atoms with Gasteiger partial charge in [0, 0.05) is 13.1 Å². The van der Waals surface area contributed by atoms with Gasteiger partial charge in [-0.25, -0.2) is 4.79 Å². The van der Waals surface area contributed by atoms with Crippen LogP contribution in [0.5, 0.6) is 0 Å². The Morgan fingerprint density at radius 2 is 1.81 bits per heavy atom. The number of nitrogens with zero attached hydrogens (tertiary/aromatic N) is 1. The third kappa shape index (κ3) is 3.87. The molecule has 1 fully saturated rings. The van der Waals surface area contributed by atoms with Crippen LogP contribution in [0.15, 0.2) is 24.3 Å². The van der Waals surface area contributed by atoms with Crippen LogP contribution in [0.4, 0.5) is 23.7 Å². The third-order valence-corrected chi connectivity index (χ3v) is 3.18. The van der Waals surface area contributed by atoms with Gasteiger partial charge in [-0.05, 0) is 26.0 Å². The van der Waals surface area contributed by atoms with Crippen LogP contribution < -0.4 is 5.32 Å². The van der Waals surface area contributed by atoms with E-state index in [1.807, 2.05) is 13.8 Å². The first-order valence-corrected chi connectivity index (χ1v) is 6.65. The molecule has 1 aromatic carbocycles. The zero-order chi connectivity index (χ0) is 15.6. The lowest BCUT2D eigenvalue weighted by molar-refractivity contribution is -0.136. The number of rotatable bonds is 1. The number of halogens is 3. The highest BCUT2D eigenvalue weighted by atomic mass is 19.4. The smallest absolute Gasteiger partial charge is 0.372 e. The highest BCUT2D eigenvalue weighted by molar-refractivity contribution is 5.90. The highest BCUT2D eigenvalue weighted by Crippen LogP contribution is 2.34. The van der Waals surface area contributed by atoms with E-state index in [4.69, 9.17) is 4.74 Å². The van der Waals surface area contributed by atoms with E-state index < -0.39 is 17.8 Å². The van der Waals surface area contributed by atoms with E-state index in [0.29, 0.717) is 13.1 Å². The zero-order valence-electron chi connectivity index (χ0n) is 11.8. The number of hydrogen-bond donors (Lipinski definition) is 1. The number of carbonyl (C=O) groups is 1. The molecule has 0 radical (unpaired) electrons. The molecule has 2 atom stereocenters. The Labute approximate surface area is 120 Å². The van der Waals surface area contributed by atoms with E-state index in [9.17, 15) is 18.0 Å². The molecule has 0 spiro atoms. The van der Waals surface area contributed by atoms with Crippen LogP contribution in [0.2, 0.25) is 0 Å². The van der Waals surface area contributed by atoms with Crippen LogP contribution in [0.3, 0.4) is 0 Å². The molecule has 0 unspecified atom stereocenters. The maximum atomic E-state index is 12.9. The number of benzene rings is 1. The molecule has 7 heteroatoms. The quantitative estimate of drug-likeness (QED) is 0.864. The van der Waals surface area contributed by atoms with Gasteiger partial charge in [0.1, 0.15) is 0 Å². The molecule has 1 aromatic rings. The first kappa shape index (κ1) is 15.6. The molecule has 0 bridgehead atoms. The molecular formula is C14H17F3N2O2. The fourth-order valence-corrected chi connectivity index (χ4v) is 2.38. The van der Waals surface area contributed by atoms with Gasteiger partial charge in [-0.15, -0.1) is 0 Å². The van der Waals surface area contributed by atoms with Crippen molar-refractivity contribution < 1.29 is 22.7 Å². The van der Waals surface area contributed by atoms with E-state index in [1.54, 1.807) is 0 Å². The van der Waals surface area contributed by atoms with Crippen LogP contribution in [0.25, 0.3) is 0 Å². The summed E-state index contributed by atoms with van der Waals surface area (Å²) in [5.41, 5.74) is -1.09. The highest BCUT2D eigenvalue weighted by Gasteiger charge is 2.34. The van der Waals surface area contributed by atoms with Crippen molar-refractivity contribution in [2.24, 2.45) is 0 Å². The molecule has 2 rings (SSSR count).